The van der Waals surface area contributed by atoms with Gasteiger partial charge in [-0.25, -0.2) is 9.97 Å². The van der Waals surface area contributed by atoms with Crippen LogP contribution in [-0.2, 0) is 0 Å². The van der Waals surface area contributed by atoms with Crippen LogP contribution in [-0.4, -0.2) is 72.4 Å². The molecular formula is C13H20ClN5O. The molecule has 0 atom stereocenters. The molecule has 2 heterocycles. The lowest BCUT2D eigenvalue weighted by Crippen LogP contribution is -2.45. The number of aromatic nitrogens is 2. The van der Waals surface area contributed by atoms with Crippen molar-refractivity contribution in [3.05, 3.63) is 16.5 Å². The Bertz CT molecular complexity index is 474. The van der Waals surface area contributed by atoms with Crippen LogP contribution in [0.4, 0.5) is 5.82 Å². The molecule has 0 spiro atoms. The van der Waals surface area contributed by atoms with Crippen LogP contribution in [0.5, 0.6) is 0 Å². The van der Waals surface area contributed by atoms with E-state index in [0.29, 0.717) is 23.5 Å². The molecule has 110 valence electrons. The van der Waals surface area contributed by atoms with E-state index in [2.05, 4.69) is 32.1 Å². The zero-order valence-corrected chi connectivity index (χ0v) is 12.7. The molecule has 7 heteroatoms. The van der Waals surface area contributed by atoms with Gasteiger partial charge in [-0.05, 0) is 14.0 Å². The number of nitrogens with zero attached hydrogens (tertiary/aromatic N) is 4. The standard InChI is InChI=1S/C13H20ClN5O/c1-10-16-12(14)11(9-20)13(17-10)15-3-4-19-7-5-18(2)6-8-19/h9H,3-8H2,1-2H3,(H,15,16,17). The van der Waals surface area contributed by atoms with Crippen LogP contribution in [0.3, 0.4) is 0 Å². The summed E-state index contributed by atoms with van der Waals surface area (Å²) in [5, 5.41) is 3.39. The highest BCUT2D eigenvalue weighted by atomic mass is 35.5. The second-order valence-electron chi connectivity index (χ2n) is 5.01. The molecular weight excluding hydrogens is 278 g/mol. The first-order valence-electron chi connectivity index (χ1n) is 6.74. The van der Waals surface area contributed by atoms with E-state index >= 15 is 0 Å². The van der Waals surface area contributed by atoms with E-state index < -0.39 is 0 Å². The zero-order valence-electron chi connectivity index (χ0n) is 11.9. The number of carbonyl (C=O) groups is 1. The summed E-state index contributed by atoms with van der Waals surface area (Å²) in [6.07, 6.45) is 0.694. The number of carbonyl (C=O) groups excluding carboxylic acids is 1. The number of nitrogens with one attached hydrogen (secondary N) is 1. The lowest BCUT2D eigenvalue weighted by molar-refractivity contribution is 0.112. The quantitative estimate of drug-likeness (QED) is 0.644. The largest absolute Gasteiger partial charge is 0.368 e. The van der Waals surface area contributed by atoms with E-state index in [1.807, 2.05) is 0 Å². The van der Waals surface area contributed by atoms with Gasteiger partial charge in [-0.2, -0.15) is 0 Å². The van der Waals surface area contributed by atoms with Crippen molar-refractivity contribution in [2.24, 2.45) is 0 Å². The van der Waals surface area contributed by atoms with Crippen molar-refractivity contribution < 1.29 is 4.79 Å². The fourth-order valence-corrected chi connectivity index (χ4v) is 2.45. The van der Waals surface area contributed by atoms with Crippen molar-refractivity contribution in [3.8, 4) is 0 Å². The smallest absolute Gasteiger partial charge is 0.156 e. The SMILES string of the molecule is Cc1nc(Cl)c(C=O)c(NCCN2CCN(C)CC2)n1. The number of anilines is 1. The summed E-state index contributed by atoms with van der Waals surface area (Å²) < 4.78 is 0. The Morgan fingerprint density at radius 3 is 2.65 bits per heavy atom. The first-order chi connectivity index (χ1) is 9.60. The highest BCUT2D eigenvalue weighted by Crippen LogP contribution is 2.18. The minimum Gasteiger partial charge on any atom is -0.368 e. The van der Waals surface area contributed by atoms with Gasteiger partial charge in [0.25, 0.3) is 0 Å². The summed E-state index contributed by atoms with van der Waals surface area (Å²) in [4.78, 5) is 24.0. The molecule has 0 aliphatic carbocycles. The molecule has 1 aromatic heterocycles. The van der Waals surface area contributed by atoms with Gasteiger partial charge in [-0.1, -0.05) is 11.6 Å². The Hall–Kier alpha value is -1.24. The zero-order chi connectivity index (χ0) is 14.5. The van der Waals surface area contributed by atoms with Gasteiger partial charge in [-0.3, -0.25) is 9.69 Å². The van der Waals surface area contributed by atoms with E-state index in [9.17, 15) is 4.79 Å². The van der Waals surface area contributed by atoms with Gasteiger partial charge in [0.1, 0.15) is 16.8 Å². The molecule has 1 saturated heterocycles. The fraction of sp³-hybridized carbons (Fsp3) is 0.615. The van der Waals surface area contributed by atoms with Crippen LogP contribution in [0.25, 0.3) is 0 Å². The van der Waals surface area contributed by atoms with Crippen molar-refractivity contribution in [1.82, 2.24) is 19.8 Å². The Morgan fingerprint density at radius 1 is 1.30 bits per heavy atom. The Labute approximate surface area is 124 Å². The van der Waals surface area contributed by atoms with E-state index in [1.165, 1.54) is 0 Å². The molecule has 1 aliphatic heterocycles. The maximum Gasteiger partial charge on any atom is 0.156 e. The second kappa shape index (κ2) is 6.97. The normalized spacial score (nSPS) is 17.1. The summed E-state index contributed by atoms with van der Waals surface area (Å²) in [6, 6.07) is 0. The summed E-state index contributed by atoms with van der Waals surface area (Å²) in [6.45, 7) is 7.75. The fourth-order valence-electron chi connectivity index (χ4n) is 2.19. The monoisotopic (exact) mass is 297 g/mol. The predicted molar refractivity (Wildman–Crippen MR) is 79.6 cm³/mol. The van der Waals surface area contributed by atoms with Gasteiger partial charge in [-0.15, -0.1) is 0 Å². The lowest BCUT2D eigenvalue weighted by atomic mass is 10.3. The van der Waals surface area contributed by atoms with Crippen molar-refractivity contribution >= 4 is 23.7 Å². The topological polar surface area (TPSA) is 61.4 Å². The molecule has 0 saturated carbocycles. The highest BCUT2D eigenvalue weighted by molar-refractivity contribution is 6.32. The molecule has 0 aromatic carbocycles. The third-order valence-electron chi connectivity index (χ3n) is 3.45. The predicted octanol–water partition coefficient (Wildman–Crippen LogP) is 0.910. The van der Waals surface area contributed by atoms with Crippen molar-refractivity contribution in [1.29, 1.82) is 0 Å². The van der Waals surface area contributed by atoms with Crippen LogP contribution in [0.1, 0.15) is 16.2 Å². The molecule has 6 nitrogen and oxygen atoms in total. The molecule has 0 amide bonds. The van der Waals surface area contributed by atoms with Crippen molar-refractivity contribution in [2.45, 2.75) is 6.92 Å². The maximum absolute atomic E-state index is 11.0. The average molecular weight is 298 g/mol. The van der Waals surface area contributed by atoms with Gasteiger partial charge in [0.05, 0.1) is 5.56 Å². The molecule has 0 radical (unpaired) electrons. The minimum atomic E-state index is 0.203. The number of likely N-dealkylation sites (N-methyl/N-ethyl adjacent to an activating group) is 1. The number of rotatable bonds is 5. The summed E-state index contributed by atoms with van der Waals surface area (Å²) >= 11 is 5.94. The summed E-state index contributed by atoms with van der Waals surface area (Å²) in [5.41, 5.74) is 0.329. The molecule has 0 bridgehead atoms. The lowest BCUT2D eigenvalue weighted by Gasteiger charge is -2.32. The van der Waals surface area contributed by atoms with Crippen LogP contribution >= 0.6 is 11.6 Å². The van der Waals surface area contributed by atoms with Gasteiger partial charge in [0.15, 0.2) is 6.29 Å². The molecule has 2 rings (SSSR count). The van der Waals surface area contributed by atoms with E-state index in [0.717, 1.165) is 39.3 Å². The van der Waals surface area contributed by atoms with Crippen LogP contribution < -0.4 is 5.32 Å². The first-order valence-corrected chi connectivity index (χ1v) is 7.12. The number of hydrogen-bond donors (Lipinski definition) is 1. The van der Waals surface area contributed by atoms with Crippen LogP contribution in [0.15, 0.2) is 0 Å². The van der Waals surface area contributed by atoms with E-state index in [4.69, 9.17) is 11.6 Å². The van der Waals surface area contributed by atoms with Gasteiger partial charge in [0.2, 0.25) is 0 Å². The number of piperazine rings is 1. The van der Waals surface area contributed by atoms with Crippen molar-refractivity contribution in [3.63, 3.8) is 0 Å². The third-order valence-corrected chi connectivity index (χ3v) is 3.73. The number of hydrogen-bond acceptors (Lipinski definition) is 6. The second-order valence-corrected chi connectivity index (χ2v) is 5.37. The number of aryl methyl sites for hydroxylation is 1. The Balaban J connectivity index is 1.89. The van der Waals surface area contributed by atoms with Crippen LogP contribution in [0, 0.1) is 6.92 Å². The molecule has 1 fully saturated rings. The summed E-state index contributed by atoms with van der Waals surface area (Å²) in [5.74, 6) is 1.08. The molecule has 1 aromatic rings. The average Bonchev–Trinajstić information content (AvgIpc) is 2.40. The molecule has 20 heavy (non-hydrogen) atoms. The van der Waals surface area contributed by atoms with Gasteiger partial charge in [0, 0.05) is 39.3 Å². The van der Waals surface area contributed by atoms with Crippen molar-refractivity contribution in [2.75, 3.05) is 51.6 Å². The maximum atomic E-state index is 11.0. The number of halogens is 1. The summed E-state index contributed by atoms with van der Waals surface area (Å²) in [7, 11) is 2.14. The Kier molecular flexibility index (Phi) is 5.28. The Morgan fingerprint density at radius 2 is 2.00 bits per heavy atom. The van der Waals surface area contributed by atoms with Crippen LogP contribution in [0.2, 0.25) is 5.15 Å². The molecule has 1 N–H and O–H groups in total. The highest BCUT2D eigenvalue weighted by Gasteiger charge is 2.14. The van der Waals surface area contributed by atoms with Gasteiger partial charge < -0.3 is 10.2 Å². The molecule has 0 unspecified atom stereocenters. The van der Waals surface area contributed by atoms with Gasteiger partial charge >= 0.3 is 0 Å². The first kappa shape index (κ1) is 15.2. The number of aldehydes is 1. The molecule has 1 aliphatic rings. The third kappa shape index (κ3) is 3.88. The van der Waals surface area contributed by atoms with E-state index in [1.54, 1.807) is 6.92 Å². The minimum absolute atomic E-state index is 0.203. The van der Waals surface area contributed by atoms with E-state index in [-0.39, 0.29) is 5.15 Å².